The van der Waals surface area contributed by atoms with Crippen molar-refractivity contribution in [3.05, 3.63) is 65.4 Å². The number of carbonyl (C=O) groups excluding carboxylic acids is 2. The number of ketones is 1. The number of hydrogen-bond donors (Lipinski definition) is 2. The van der Waals surface area contributed by atoms with E-state index >= 15 is 0 Å². The maximum atomic E-state index is 14.9. The zero-order chi connectivity index (χ0) is 26.0. The Morgan fingerprint density at radius 3 is 2.17 bits per heavy atom. The van der Waals surface area contributed by atoms with Crippen LogP contribution < -0.4 is 15.4 Å². The van der Waals surface area contributed by atoms with E-state index in [2.05, 4.69) is 0 Å². The lowest BCUT2D eigenvalue weighted by Crippen LogP contribution is -2.66. The fourth-order valence-electron chi connectivity index (χ4n) is 4.69. The number of carbonyl (C=O) groups is 2. The molecule has 3 N–H and O–H groups in total. The molecule has 4 rings (SSSR count). The van der Waals surface area contributed by atoms with Crippen molar-refractivity contribution in [2.75, 3.05) is 10.6 Å². The standard InChI is InChI=1S/C24H24F3N3O4S/c1-14-6-4-5-7-17(14)30-18-12-22(2,3)13-19(31)20(18)23(21(30)32,24(25,26)27)29-35(33,34)16-10-8-15(28)9-11-16/h4-11,29H,12-13,28H2,1-3H3. The number of sulfonamides is 1. The summed E-state index contributed by atoms with van der Waals surface area (Å²) < 4.78 is 72.7. The summed E-state index contributed by atoms with van der Waals surface area (Å²) in [6.45, 7) is 5.04. The highest BCUT2D eigenvalue weighted by Gasteiger charge is 2.72. The minimum Gasteiger partial charge on any atom is -0.399 e. The summed E-state index contributed by atoms with van der Waals surface area (Å²) >= 11 is 0. The van der Waals surface area contributed by atoms with Gasteiger partial charge >= 0.3 is 6.18 Å². The van der Waals surface area contributed by atoms with Crippen molar-refractivity contribution in [2.45, 2.75) is 50.2 Å². The molecule has 2 aromatic rings. The van der Waals surface area contributed by atoms with E-state index in [4.69, 9.17) is 5.73 Å². The Labute approximate surface area is 200 Å². The Bertz CT molecular complexity index is 1370. The number of allylic oxidation sites excluding steroid dienone is 1. The van der Waals surface area contributed by atoms with E-state index in [1.54, 1.807) is 43.7 Å². The third kappa shape index (κ3) is 3.92. The molecule has 0 bridgehead atoms. The number of benzene rings is 2. The molecule has 35 heavy (non-hydrogen) atoms. The number of anilines is 2. The van der Waals surface area contributed by atoms with Crippen molar-refractivity contribution in [1.82, 2.24) is 4.72 Å². The monoisotopic (exact) mass is 507 g/mol. The molecule has 7 nitrogen and oxygen atoms in total. The first-order chi connectivity index (χ1) is 16.1. The third-order valence-electron chi connectivity index (χ3n) is 6.28. The topological polar surface area (TPSA) is 110 Å². The molecule has 0 saturated carbocycles. The maximum Gasteiger partial charge on any atom is 0.421 e. The van der Waals surface area contributed by atoms with Gasteiger partial charge < -0.3 is 5.73 Å². The number of Topliss-reactive ketones (excluding diaryl/α,β-unsaturated/α-hetero) is 1. The molecule has 0 aromatic heterocycles. The van der Waals surface area contributed by atoms with Gasteiger partial charge in [0.15, 0.2) is 5.78 Å². The number of nitrogen functional groups attached to an aromatic ring is 1. The molecule has 186 valence electrons. The van der Waals surface area contributed by atoms with E-state index in [0.717, 1.165) is 17.0 Å². The van der Waals surface area contributed by atoms with Gasteiger partial charge in [0.25, 0.3) is 5.91 Å². The lowest BCUT2D eigenvalue weighted by Gasteiger charge is -2.35. The number of aryl methyl sites for hydroxylation is 1. The summed E-state index contributed by atoms with van der Waals surface area (Å²) in [6, 6.07) is 10.8. The lowest BCUT2D eigenvalue weighted by molar-refractivity contribution is -0.184. The van der Waals surface area contributed by atoms with Gasteiger partial charge in [-0.05, 0) is 54.7 Å². The minimum atomic E-state index is -5.46. The van der Waals surface area contributed by atoms with Crippen molar-refractivity contribution in [2.24, 2.45) is 5.41 Å². The molecule has 0 radical (unpaired) electrons. The van der Waals surface area contributed by atoms with Crippen LogP contribution in [0.3, 0.4) is 0 Å². The van der Waals surface area contributed by atoms with Gasteiger partial charge in [-0.25, -0.2) is 8.42 Å². The van der Waals surface area contributed by atoms with Crippen LogP contribution >= 0.6 is 0 Å². The van der Waals surface area contributed by atoms with Crippen LogP contribution in [-0.4, -0.2) is 31.8 Å². The van der Waals surface area contributed by atoms with E-state index in [-0.39, 0.29) is 29.9 Å². The largest absolute Gasteiger partial charge is 0.421 e. The molecule has 2 aliphatic rings. The fourth-order valence-corrected chi connectivity index (χ4v) is 6.01. The summed E-state index contributed by atoms with van der Waals surface area (Å²) in [7, 11) is -4.91. The zero-order valence-corrected chi connectivity index (χ0v) is 20.0. The number of nitrogens with zero attached hydrogens (tertiary/aromatic N) is 1. The molecule has 1 aliphatic heterocycles. The predicted octanol–water partition coefficient (Wildman–Crippen LogP) is 3.85. The molecule has 1 heterocycles. The second-order valence-electron chi connectivity index (χ2n) is 9.61. The van der Waals surface area contributed by atoms with Crippen molar-refractivity contribution >= 4 is 33.1 Å². The summed E-state index contributed by atoms with van der Waals surface area (Å²) in [5.74, 6) is -2.52. The normalized spacial score (nSPS) is 22.5. The lowest BCUT2D eigenvalue weighted by atomic mass is 9.72. The van der Waals surface area contributed by atoms with Crippen molar-refractivity contribution in [3.8, 4) is 0 Å². The van der Waals surface area contributed by atoms with Crippen LogP contribution in [0.2, 0.25) is 0 Å². The van der Waals surface area contributed by atoms with Crippen LogP contribution in [0.1, 0.15) is 32.3 Å². The van der Waals surface area contributed by atoms with Crippen LogP contribution in [0.4, 0.5) is 24.5 Å². The first kappa shape index (κ1) is 24.9. The van der Waals surface area contributed by atoms with Crippen LogP contribution in [-0.2, 0) is 19.6 Å². The fraction of sp³-hybridized carbons (Fsp3) is 0.333. The molecule has 1 unspecified atom stereocenters. The Hall–Kier alpha value is -3.18. The zero-order valence-electron chi connectivity index (χ0n) is 19.2. The number of nitrogens with two attached hydrogens (primary N) is 1. The van der Waals surface area contributed by atoms with Crippen molar-refractivity contribution < 1.29 is 31.2 Å². The van der Waals surface area contributed by atoms with Gasteiger partial charge in [-0.15, -0.1) is 0 Å². The molecular formula is C24H24F3N3O4S. The molecule has 1 atom stereocenters. The molecule has 0 fully saturated rings. The van der Waals surface area contributed by atoms with E-state index in [1.165, 1.54) is 18.2 Å². The average molecular weight is 508 g/mol. The quantitative estimate of drug-likeness (QED) is 0.611. The third-order valence-corrected chi connectivity index (χ3v) is 7.75. The molecule has 1 aliphatic carbocycles. The number of amides is 1. The van der Waals surface area contributed by atoms with E-state index in [1.807, 2.05) is 0 Å². The van der Waals surface area contributed by atoms with Gasteiger partial charge in [0.1, 0.15) is 0 Å². The summed E-state index contributed by atoms with van der Waals surface area (Å²) in [4.78, 5) is 27.3. The Kier molecular flexibility index (Phi) is 5.64. The maximum absolute atomic E-state index is 14.9. The molecular weight excluding hydrogens is 483 g/mol. The number of nitrogens with one attached hydrogen (secondary N) is 1. The van der Waals surface area contributed by atoms with Crippen molar-refractivity contribution in [1.29, 1.82) is 0 Å². The van der Waals surface area contributed by atoms with Crippen molar-refractivity contribution in [3.63, 3.8) is 0 Å². The van der Waals surface area contributed by atoms with Gasteiger partial charge in [0.2, 0.25) is 15.6 Å². The number of halogens is 3. The Balaban J connectivity index is 2.00. The first-order valence-corrected chi connectivity index (χ1v) is 12.2. The first-order valence-electron chi connectivity index (χ1n) is 10.7. The Morgan fingerprint density at radius 2 is 1.60 bits per heavy atom. The van der Waals surface area contributed by atoms with Gasteiger partial charge in [-0.3, -0.25) is 14.5 Å². The molecule has 0 saturated heterocycles. The van der Waals surface area contributed by atoms with Crippen LogP contribution in [0.25, 0.3) is 0 Å². The second kappa shape index (κ2) is 7.92. The van der Waals surface area contributed by atoms with E-state index < -0.39 is 49.3 Å². The van der Waals surface area contributed by atoms with Gasteiger partial charge in [-0.2, -0.15) is 17.9 Å². The van der Waals surface area contributed by atoms with Gasteiger partial charge in [-0.1, -0.05) is 32.0 Å². The number of hydrogen-bond acceptors (Lipinski definition) is 5. The highest BCUT2D eigenvalue weighted by Crippen LogP contribution is 2.53. The molecule has 11 heteroatoms. The van der Waals surface area contributed by atoms with Crippen LogP contribution in [0.15, 0.2) is 64.7 Å². The van der Waals surface area contributed by atoms with Gasteiger partial charge in [0.05, 0.1) is 16.2 Å². The Morgan fingerprint density at radius 1 is 1.00 bits per heavy atom. The van der Waals surface area contributed by atoms with E-state index in [0.29, 0.717) is 5.56 Å². The second-order valence-corrected chi connectivity index (χ2v) is 11.3. The van der Waals surface area contributed by atoms with Crippen LogP contribution in [0.5, 0.6) is 0 Å². The minimum absolute atomic E-state index is 0.0322. The van der Waals surface area contributed by atoms with Crippen LogP contribution in [0, 0.1) is 12.3 Å². The summed E-state index contributed by atoms with van der Waals surface area (Å²) in [5.41, 5.74) is 0.858. The molecule has 0 spiro atoms. The highest BCUT2D eigenvalue weighted by molar-refractivity contribution is 7.89. The highest BCUT2D eigenvalue weighted by atomic mass is 32.2. The summed E-state index contributed by atoms with van der Waals surface area (Å²) in [5, 5.41) is 0. The number of rotatable bonds is 4. The number of alkyl halides is 3. The molecule has 2 aromatic carbocycles. The SMILES string of the molecule is Cc1ccccc1N1C(=O)C(NS(=O)(=O)c2ccc(N)cc2)(C(F)(F)F)C2=C1CC(C)(C)CC2=O. The molecule has 1 amide bonds. The summed E-state index contributed by atoms with van der Waals surface area (Å²) in [6.07, 6.45) is -5.77. The smallest absolute Gasteiger partial charge is 0.399 e. The average Bonchev–Trinajstić information content (AvgIpc) is 2.96. The van der Waals surface area contributed by atoms with E-state index in [9.17, 15) is 31.2 Å². The number of para-hydroxylation sites is 1. The van der Waals surface area contributed by atoms with Gasteiger partial charge in [0, 0.05) is 17.8 Å². The predicted molar refractivity (Wildman–Crippen MR) is 124 cm³/mol.